The quantitative estimate of drug-likeness (QED) is 0.831. The first-order chi connectivity index (χ1) is 7.65. The molecule has 3 nitrogen and oxygen atoms in total. The van der Waals surface area contributed by atoms with Crippen LogP contribution in [0.25, 0.3) is 0 Å². The van der Waals surface area contributed by atoms with Gasteiger partial charge in [0.05, 0.1) is 16.9 Å². The van der Waals surface area contributed by atoms with Crippen LogP contribution in [0.1, 0.15) is 0 Å². The molecule has 0 spiro atoms. The number of rotatable bonds is 2. The van der Waals surface area contributed by atoms with Crippen LogP contribution in [0.4, 0.5) is 5.69 Å². The molecule has 0 aliphatic rings. The molecule has 0 amide bonds. The van der Waals surface area contributed by atoms with Crippen LogP contribution in [0.15, 0.2) is 36.7 Å². The molecule has 2 rings (SSSR count). The van der Waals surface area contributed by atoms with Gasteiger partial charge in [0.15, 0.2) is 5.75 Å². The summed E-state index contributed by atoms with van der Waals surface area (Å²) in [6, 6.07) is 6.66. The third-order valence-corrected chi connectivity index (χ3v) is 2.33. The molecule has 2 aromatic rings. The molecule has 0 unspecified atom stereocenters. The molecule has 1 aromatic carbocycles. The van der Waals surface area contributed by atoms with Crippen molar-refractivity contribution in [2.45, 2.75) is 0 Å². The number of hydrogen-bond acceptors (Lipinski definition) is 3. The molecule has 0 aliphatic heterocycles. The van der Waals surface area contributed by atoms with Crippen molar-refractivity contribution in [3.05, 3.63) is 46.7 Å². The topological polar surface area (TPSA) is 48.1 Å². The summed E-state index contributed by atoms with van der Waals surface area (Å²) in [5.74, 6) is 0.998. The first-order valence-corrected chi connectivity index (χ1v) is 5.24. The van der Waals surface area contributed by atoms with Gasteiger partial charge in [-0.3, -0.25) is 4.98 Å². The van der Waals surface area contributed by atoms with Crippen molar-refractivity contribution >= 4 is 28.9 Å². The number of benzene rings is 1. The van der Waals surface area contributed by atoms with Crippen molar-refractivity contribution in [2.24, 2.45) is 0 Å². The number of halogens is 2. The fraction of sp³-hybridized carbons (Fsp3) is 0. The van der Waals surface area contributed by atoms with E-state index in [1.807, 2.05) is 0 Å². The zero-order valence-corrected chi connectivity index (χ0v) is 9.66. The molecule has 1 aromatic heterocycles. The standard InChI is InChI=1S/C11H8Cl2N2O/c12-7-1-2-10(14)11(4-7)16-9-3-8(13)5-15-6-9/h1-6H,14H2. The summed E-state index contributed by atoms with van der Waals surface area (Å²) in [5, 5.41) is 1.05. The number of nitrogens with two attached hydrogens (primary N) is 1. The molecule has 1 heterocycles. The predicted molar refractivity (Wildman–Crippen MR) is 65.2 cm³/mol. The summed E-state index contributed by atoms with van der Waals surface area (Å²) in [7, 11) is 0. The Balaban J connectivity index is 2.30. The summed E-state index contributed by atoms with van der Waals surface area (Å²) in [4.78, 5) is 3.90. The van der Waals surface area contributed by atoms with Gasteiger partial charge in [0, 0.05) is 23.4 Å². The minimum Gasteiger partial charge on any atom is -0.453 e. The van der Waals surface area contributed by atoms with Crippen molar-refractivity contribution < 1.29 is 4.74 Å². The summed E-state index contributed by atoms with van der Waals surface area (Å²) >= 11 is 11.6. The van der Waals surface area contributed by atoms with Crippen LogP contribution in [0.2, 0.25) is 10.0 Å². The maximum atomic E-state index is 5.84. The maximum Gasteiger partial charge on any atom is 0.151 e. The molecule has 5 heteroatoms. The van der Waals surface area contributed by atoms with Crippen molar-refractivity contribution in [1.82, 2.24) is 4.98 Å². The molecular formula is C11H8Cl2N2O. The van der Waals surface area contributed by atoms with Crippen LogP contribution in [0.3, 0.4) is 0 Å². The van der Waals surface area contributed by atoms with Gasteiger partial charge in [0.2, 0.25) is 0 Å². The van der Waals surface area contributed by atoms with Gasteiger partial charge in [-0.25, -0.2) is 0 Å². The van der Waals surface area contributed by atoms with Crippen LogP contribution < -0.4 is 10.5 Å². The Bertz CT molecular complexity index is 517. The number of nitrogens with zero attached hydrogens (tertiary/aromatic N) is 1. The lowest BCUT2D eigenvalue weighted by molar-refractivity contribution is 0.483. The van der Waals surface area contributed by atoms with Crippen molar-refractivity contribution in [3.8, 4) is 11.5 Å². The van der Waals surface area contributed by atoms with Gasteiger partial charge < -0.3 is 10.5 Å². The van der Waals surface area contributed by atoms with Gasteiger partial charge in [-0.05, 0) is 12.1 Å². The van der Waals surface area contributed by atoms with Crippen LogP contribution >= 0.6 is 23.2 Å². The SMILES string of the molecule is Nc1ccc(Cl)cc1Oc1cncc(Cl)c1. The van der Waals surface area contributed by atoms with Crippen LogP contribution in [0, 0.1) is 0 Å². The van der Waals surface area contributed by atoms with E-state index in [1.165, 1.54) is 6.20 Å². The van der Waals surface area contributed by atoms with Gasteiger partial charge in [-0.2, -0.15) is 0 Å². The minimum atomic E-state index is 0.483. The van der Waals surface area contributed by atoms with E-state index >= 15 is 0 Å². The highest BCUT2D eigenvalue weighted by atomic mass is 35.5. The number of ether oxygens (including phenoxy) is 1. The Morgan fingerprint density at radius 2 is 1.88 bits per heavy atom. The molecule has 0 atom stereocenters. The lowest BCUT2D eigenvalue weighted by Crippen LogP contribution is -1.92. The van der Waals surface area contributed by atoms with Crippen molar-refractivity contribution in [1.29, 1.82) is 0 Å². The molecule has 0 radical (unpaired) electrons. The van der Waals surface area contributed by atoms with Gasteiger partial charge >= 0.3 is 0 Å². The molecule has 0 saturated heterocycles. The van der Waals surface area contributed by atoms with E-state index in [0.29, 0.717) is 27.2 Å². The van der Waals surface area contributed by atoms with E-state index in [1.54, 1.807) is 30.5 Å². The number of anilines is 1. The van der Waals surface area contributed by atoms with E-state index in [-0.39, 0.29) is 0 Å². The lowest BCUT2D eigenvalue weighted by atomic mass is 10.3. The first-order valence-electron chi connectivity index (χ1n) is 4.48. The van der Waals surface area contributed by atoms with E-state index in [2.05, 4.69) is 4.98 Å². The van der Waals surface area contributed by atoms with Crippen LogP contribution in [0.5, 0.6) is 11.5 Å². The number of pyridine rings is 1. The second-order valence-corrected chi connectivity index (χ2v) is 4.00. The average molecular weight is 255 g/mol. The summed E-state index contributed by atoms with van der Waals surface area (Å²) in [5.41, 5.74) is 6.24. The fourth-order valence-electron chi connectivity index (χ4n) is 1.17. The summed E-state index contributed by atoms with van der Waals surface area (Å²) in [6.07, 6.45) is 3.07. The van der Waals surface area contributed by atoms with Crippen molar-refractivity contribution in [3.63, 3.8) is 0 Å². The largest absolute Gasteiger partial charge is 0.453 e. The molecule has 0 fully saturated rings. The number of nitrogen functional groups attached to an aromatic ring is 1. The lowest BCUT2D eigenvalue weighted by Gasteiger charge is -2.08. The monoisotopic (exact) mass is 254 g/mol. The maximum absolute atomic E-state index is 5.84. The Kier molecular flexibility index (Phi) is 3.17. The average Bonchev–Trinajstić information content (AvgIpc) is 2.24. The van der Waals surface area contributed by atoms with Gasteiger partial charge in [-0.15, -0.1) is 0 Å². The Morgan fingerprint density at radius 1 is 1.06 bits per heavy atom. The Morgan fingerprint density at radius 3 is 2.62 bits per heavy atom. The highest BCUT2D eigenvalue weighted by molar-refractivity contribution is 6.31. The first kappa shape index (κ1) is 11.0. The van der Waals surface area contributed by atoms with Crippen molar-refractivity contribution in [2.75, 3.05) is 5.73 Å². The molecule has 0 saturated carbocycles. The number of hydrogen-bond donors (Lipinski definition) is 1. The highest BCUT2D eigenvalue weighted by Crippen LogP contribution is 2.30. The van der Waals surface area contributed by atoms with Gasteiger partial charge in [0.25, 0.3) is 0 Å². The molecule has 82 valence electrons. The van der Waals surface area contributed by atoms with E-state index in [9.17, 15) is 0 Å². The van der Waals surface area contributed by atoms with Crippen LogP contribution in [-0.4, -0.2) is 4.98 Å². The second-order valence-electron chi connectivity index (χ2n) is 3.12. The highest BCUT2D eigenvalue weighted by Gasteiger charge is 2.03. The third kappa shape index (κ3) is 2.56. The van der Waals surface area contributed by atoms with E-state index in [4.69, 9.17) is 33.7 Å². The molecule has 16 heavy (non-hydrogen) atoms. The zero-order valence-electron chi connectivity index (χ0n) is 8.15. The third-order valence-electron chi connectivity index (χ3n) is 1.88. The van der Waals surface area contributed by atoms with Gasteiger partial charge in [0.1, 0.15) is 5.75 Å². The fourth-order valence-corrected chi connectivity index (χ4v) is 1.50. The molecular weight excluding hydrogens is 247 g/mol. The predicted octanol–water partition coefficient (Wildman–Crippen LogP) is 3.76. The summed E-state index contributed by atoms with van der Waals surface area (Å²) in [6.45, 7) is 0. The smallest absolute Gasteiger partial charge is 0.151 e. The Labute approximate surface area is 103 Å². The van der Waals surface area contributed by atoms with Gasteiger partial charge in [-0.1, -0.05) is 23.2 Å². The van der Waals surface area contributed by atoms with E-state index in [0.717, 1.165) is 0 Å². The van der Waals surface area contributed by atoms with E-state index < -0.39 is 0 Å². The molecule has 2 N–H and O–H groups in total. The minimum absolute atomic E-state index is 0.483. The second kappa shape index (κ2) is 4.60. The Hall–Kier alpha value is -1.45. The number of aromatic nitrogens is 1. The summed E-state index contributed by atoms with van der Waals surface area (Å²) < 4.78 is 5.51. The zero-order chi connectivity index (χ0) is 11.5. The van der Waals surface area contributed by atoms with Crippen LogP contribution in [-0.2, 0) is 0 Å². The normalized spacial score (nSPS) is 10.1. The molecule has 0 aliphatic carbocycles. The molecule has 0 bridgehead atoms.